The average Bonchev–Trinajstić information content (AvgIpc) is 2.94. The van der Waals surface area contributed by atoms with Gasteiger partial charge in [-0.15, -0.1) is 0 Å². The summed E-state index contributed by atoms with van der Waals surface area (Å²) < 4.78 is 12.3. The number of esters is 1. The number of ketones is 1. The van der Waals surface area contributed by atoms with Crippen molar-refractivity contribution in [2.75, 3.05) is 13.2 Å². The van der Waals surface area contributed by atoms with Crippen molar-refractivity contribution < 1.29 is 24.0 Å². The molecule has 0 fully saturated rings. The number of rotatable bonds is 8. The van der Waals surface area contributed by atoms with Gasteiger partial charge < -0.3 is 14.0 Å². The molecule has 0 aliphatic heterocycles. The summed E-state index contributed by atoms with van der Waals surface area (Å²) in [5, 5.41) is 11.2. The summed E-state index contributed by atoms with van der Waals surface area (Å²) >= 11 is 0. The zero-order valence-corrected chi connectivity index (χ0v) is 16.6. The van der Waals surface area contributed by atoms with Gasteiger partial charge in [0.05, 0.1) is 17.1 Å². The van der Waals surface area contributed by atoms with Crippen LogP contribution in [0.1, 0.15) is 58.9 Å². The predicted molar refractivity (Wildman–Crippen MR) is 103 cm³/mol. The first-order chi connectivity index (χ1) is 13.2. The van der Waals surface area contributed by atoms with Gasteiger partial charge in [-0.2, -0.15) is 0 Å². The second-order valence-electron chi connectivity index (χ2n) is 6.62. The Morgan fingerprint density at radius 2 is 1.89 bits per heavy atom. The summed E-state index contributed by atoms with van der Waals surface area (Å²) in [6.07, 6.45) is 0. The van der Waals surface area contributed by atoms with E-state index in [-0.39, 0.29) is 35.4 Å². The lowest BCUT2D eigenvalue weighted by atomic mass is 10.1. The van der Waals surface area contributed by atoms with Crippen LogP contribution in [0.2, 0.25) is 0 Å². The fourth-order valence-corrected chi connectivity index (χ4v) is 3.21. The number of aromatic nitrogens is 1. The maximum absolute atomic E-state index is 12.5. The quantitative estimate of drug-likeness (QED) is 0.293. The molecule has 0 aliphatic rings. The number of ether oxygens (including phenoxy) is 2. The molecule has 2 aromatic rings. The Hall–Kier alpha value is -3.16. The molecule has 0 aliphatic carbocycles. The normalized spacial score (nSPS) is 10.8. The molecule has 0 amide bonds. The zero-order chi connectivity index (χ0) is 21.0. The highest BCUT2D eigenvalue weighted by atomic mass is 16.6. The van der Waals surface area contributed by atoms with Gasteiger partial charge in [-0.25, -0.2) is 4.79 Å². The Morgan fingerprint density at radius 3 is 2.43 bits per heavy atom. The standard InChI is InChI=1S/C20H24N2O6/c1-6-27-19-8-7-15(10-17(19)22(25)26)20(24)28-11-18(23)16-9-13(4)21(12(2)3)14(16)5/h7-10,12H,6,11H2,1-5H3. The second-order valence-corrected chi connectivity index (χ2v) is 6.62. The summed E-state index contributed by atoms with van der Waals surface area (Å²) in [6.45, 7) is 9.32. The van der Waals surface area contributed by atoms with Crippen LogP contribution in [0.5, 0.6) is 5.75 Å². The van der Waals surface area contributed by atoms with E-state index in [2.05, 4.69) is 0 Å². The van der Waals surface area contributed by atoms with Gasteiger partial charge in [0.15, 0.2) is 12.4 Å². The number of nitro benzene ring substituents is 1. The van der Waals surface area contributed by atoms with Crippen LogP contribution in [0.3, 0.4) is 0 Å². The summed E-state index contributed by atoms with van der Waals surface area (Å²) in [7, 11) is 0. The highest BCUT2D eigenvalue weighted by Gasteiger charge is 2.22. The van der Waals surface area contributed by atoms with E-state index in [0.717, 1.165) is 17.5 Å². The number of benzene rings is 1. The molecule has 1 aromatic carbocycles. The molecule has 0 unspecified atom stereocenters. The molecule has 0 radical (unpaired) electrons. The molecule has 0 spiro atoms. The lowest BCUT2D eigenvalue weighted by molar-refractivity contribution is -0.385. The molecule has 150 valence electrons. The highest BCUT2D eigenvalue weighted by molar-refractivity contribution is 6.00. The van der Waals surface area contributed by atoms with Gasteiger partial charge in [0.2, 0.25) is 5.78 Å². The van der Waals surface area contributed by atoms with E-state index in [1.807, 2.05) is 32.3 Å². The topological polar surface area (TPSA) is 101 Å². The van der Waals surface area contributed by atoms with Crippen molar-refractivity contribution in [3.63, 3.8) is 0 Å². The van der Waals surface area contributed by atoms with Gasteiger partial charge >= 0.3 is 11.7 Å². The SMILES string of the molecule is CCOc1ccc(C(=O)OCC(=O)c2cc(C)n(C(C)C)c2C)cc1[N+](=O)[O-]. The Balaban J connectivity index is 2.14. The van der Waals surface area contributed by atoms with Gasteiger partial charge in [0.1, 0.15) is 0 Å². The van der Waals surface area contributed by atoms with Crippen LogP contribution in [0, 0.1) is 24.0 Å². The number of Topliss-reactive ketones (excluding diaryl/α,β-unsaturated/α-hetero) is 1. The minimum absolute atomic E-state index is 0.0180. The van der Waals surface area contributed by atoms with Crippen LogP contribution in [0.15, 0.2) is 24.3 Å². The maximum atomic E-state index is 12.5. The molecule has 1 heterocycles. The molecule has 2 rings (SSSR count). The Labute approximate surface area is 163 Å². The number of hydrogen-bond acceptors (Lipinski definition) is 6. The molecule has 0 saturated heterocycles. The lowest BCUT2D eigenvalue weighted by Gasteiger charge is -2.13. The summed E-state index contributed by atoms with van der Waals surface area (Å²) in [4.78, 5) is 35.3. The first-order valence-electron chi connectivity index (χ1n) is 8.97. The number of nitrogens with zero attached hydrogens (tertiary/aromatic N) is 2. The van der Waals surface area contributed by atoms with Crippen molar-refractivity contribution >= 4 is 17.4 Å². The first kappa shape index (κ1) is 21.1. The highest BCUT2D eigenvalue weighted by Crippen LogP contribution is 2.28. The minimum Gasteiger partial charge on any atom is -0.487 e. The van der Waals surface area contributed by atoms with E-state index in [0.29, 0.717) is 5.56 Å². The van der Waals surface area contributed by atoms with Crippen molar-refractivity contribution in [3.05, 3.63) is 56.9 Å². The van der Waals surface area contributed by atoms with Crippen LogP contribution in [0.4, 0.5) is 5.69 Å². The molecule has 0 N–H and O–H groups in total. The first-order valence-corrected chi connectivity index (χ1v) is 8.97. The predicted octanol–water partition coefficient (Wildman–Crippen LogP) is 4.03. The Kier molecular flexibility index (Phi) is 6.56. The van der Waals surface area contributed by atoms with Crippen LogP contribution in [0.25, 0.3) is 0 Å². The van der Waals surface area contributed by atoms with Gasteiger partial charge in [0.25, 0.3) is 0 Å². The smallest absolute Gasteiger partial charge is 0.338 e. The number of carbonyl (C=O) groups excluding carboxylic acids is 2. The van der Waals surface area contributed by atoms with Crippen LogP contribution in [-0.2, 0) is 4.74 Å². The molecule has 28 heavy (non-hydrogen) atoms. The number of carbonyl (C=O) groups is 2. The van der Waals surface area contributed by atoms with Gasteiger partial charge in [-0.1, -0.05) is 0 Å². The van der Waals surface area contributed by atoms with Crippen molar-refractivity contribution in [3.8, 4) is 5.75 Å². The maximum Gasteiger partial charge on any atom is 0.338 e. The molecule has 1 aromatic heterocycles. The summed E-state index contributed by atoms with van der Waals surface area (Å²) in [5.41, 5.74) is 1.91. The third-order valence-electron chi connectivity index (χ3n) is 4.33. The van der Waals surface area contributed by atoms with Crippen LogP contribution in [-0.4, -0.2) is 34.5 Å². The van der Waals surface area contributed by atoms with Gasteiger partial charge in [-0.05, 0) is 52.8 Å². The molecule has 0 saturated carbocycles. The van der Waals surface area contributed by atoms with E-state index in [4.69, 9.17) is 9.47 Å². The van der Waals surface area contributed by atoms with E-state index in [9.17, 15) is 19.7 Å². The average molecular weight is 388 g/mol. The minimum atomic E-state index is -0.808. The number of nitro groups is 1. The van der Waals surface area contributed by atoms with E-state index in [1.165, 1.54) is 12.1 Å². The van der Waals surface area contributed by atoms with E-state index in [1.54, 1.807) is 13.0 Å². The zero-order valence-electron chi connectivity index (χ0n) is 16.6. The summed E-state index contributed by atoms with van der Waals surface area (Å²) in [6, 6.07) is 5.77. The number of aryl methyl sites for hydroxylation is 1. The van der Waals surface area contributed by atoms with E-state index >= 15 is 0 Å². The fourth-order valence-electron chi connectivity index (χ4n) is 3.21. The molecule has 8 heteroatoms. The lowest BCUT2D eigenvalue weighted by Crippen LogP contribution is -2.15. The molecular formula is C20H24N2O6. The monoisotopic (exact) mass is 388 g/mol. The van der Waals surface area contributed by atoms with Crippen molar-refractivity contribution in [2.45, 2.75) is 40.7 Å². The van der Waals surface area contributed by atoms with Gasteiger partial charge in [-0.3, -0.25) is 14.9 Å². The van der Waals surface area contributed by atoms with Crippen molar-refractivity contribution in [2.24, 2.45) is 0 Å². The molecular weight excluding hydrogens is 364 g/mol. The Bertz CT molecular complexity index is 914. The van der Waals surface area contributed by atoms with Crippen LogP contribution >= 0.6 is 0 Å². The number of hydrogen-bond donors (Lipinski definition) is 0. The molecule has 0 atom stereocenters. The third-order valence-corrected chi connectivity index (χ3v) is 4.33. The second kappa shape index (κ2) is 8.69. The van der Waals surface area contributed by atoms with Gasteiger partial charge in [0, 0.05) is 29.1 Å². The fraction of sp³-hybridized carbons (Fsp3) is 0.400. The third kappa shape index (κ3) is 4.39. The Morgan fingerprint density at radius 1 is 1.21 bits per heavy atom. The molecule has 0 bridgehead atoms. The largest absolute Gasteiger partial charge is 0.487 e. The molecule has 8 nitrogen and oxygen atoms in total. The van der Waals surface area contributed by atoms with Crippen molar-refractivity contribution in [1.29, 1.82) is 0 Å². The summed E-state index contributed by atoms with van der Waals surface area (Å²) in [5.74, 6) is -1.06. The van der Waals surface area contributed by atoms with Crippen molar-refractivity contribution in [1.82, 2.24) is 4.57 Å². The van der Waals surface area contributed by atoms with E-state index < -0.39 is 17.5 Å². The van der Waals surface area contributed by atoms with Crippen LogP contribution < -0.4 is 4.74 Å².